The van der Waals surface area contributed by atoms with Gasteiger partial charge in [0.25, 0.3) is 0 Å². The van der Waals surface area contributed by atoms with E-state index in [1.807, 2.05) is 6.92 Å². The summed E-state index contributed by atoms with van der Waals surface area (Å²) in [5, 5.41) is 3.85. The third-order valence-corrected chi connectivity index (χ3v) is 4.33. The maximum absolute atomic E-state index is 6.01. The first kappa shape index (κ1) is 13.8. The number of nitrogens with one attached hydrogen (secondary N) is 1. The molecule has 1 heterocycles. The van der Waals surface area contributed by atoms with Gasteiger partial charge in [-0.1, -0.05) is 71.3 Å². The normalized spacial score (nSPS) is 22.0. The van der Waals surface area contributed by atoms with Gasteiger partial charge in [-0.15, -0.1) is 0 Å². The second-order valence-corrected chi connectivity index (χ2v) is 6.69. The second-order valence-electron chi connectivity index (χ2n) is 3.12. The molecule has 1 unspecified atom stereocenters. The molecule has 1 N–H and O–H groups in total. The van der Waals surface area contributed by atoms with Gasteiger partial charge in [0.05, 0.1) is 0 Å². The van der Waals surface area contributed by atoms with Crippen LogP contribution in [0.5, 0.6) is 0 Å². The molecule has 0 saturated carbocycles. The Morgan fingerprint density at radius 1 is 1.33 bits per heavy atom. The monoisotopic (exact) mass is 311 g/mol. The van der Waals surface area contributed by atoms with Gasteiger partial charge in [-0.25, -0.2) is 0 Å². The molecule has 8 heteroatoms. The quantitative estimate of drug-likeness (QED) is 0.638. The molecule has 0 aliphatic carbocycles. The highest BCUT2D eigenvalue weighted by Gasteiger charge is 2.52. The van der Waals surface area contributed by atoms with Gasteiger partial charge in [-0.2, -0.15) is 5.10 Å². The van der Waals surface area contributed by atoms with Crippen LogP contribution in [0.1, 0.15) is 19.8 Å². The fraction of sp³-hybridized carbons (Fsp3) is 0.857. The van der Waals surface area contributed by atoms with Crippen LogP contribution in [0.4, 0.5) is 0 Å². The Balaban J connectivity index is 2.81. The molecule has 88 valence electrons. The van der Waals surface area contributed by atoms with Crippen molar-refractivity contribution >= 4 is 64.3 Å². The topological polar surface area (TPSA) is 27.6 Å². The molecule has 0 aromatic heterocycles. The number of alkyl halides is 5. The van der Waals surface area contributed by atoms with Crippen LogP contribution in [0, 0.1) is 0 Å². The van der Waals surface area contributed by atoms with Crippen molar-refractivity contribution in [1.82, 2.24) is 10.3 Å². The molecule has 1 aliphatic rings. The van der Waals surface area contributed by atoms with Crippen LogP contribution in [0.2, 0.25) is 0 Å². The van der Waals surface area contributed by atoms with Crippen molar-refractivity contribution in [1.29, 1.82) is 0 Å². The molecule has 3 nitrogen and oxygen atoms in total. The Bertz CT molecular complexity index is 250. The lowest BCUT2D eigenvalue weighted by atomic mass is 10.2. The highest BCUT2D eigenvalue weighted by atomic mass is 35.6. The van der Waals surface area contributed by atoms with E-state index in [9.17, 15) is 0 Å². The van der Waals surface area contributed by atoms with E-state index in [2.05, 4.69) is 10.5 Å². The molecule has 0 aromatic rings. The second kappa shape index (κ2) is 4.92. The van der Waals surface area contributed by atoms with Crippen molar-refractivity contribution in [2.24, 2.45) is 5.10 Å². The van der Waals surface area contributed by atoms with E-state index in [1.165, 1.54) is 11.2 Å². The van der Waals surface area contributed by atoms with Gasteiger partial charge in [0, 0.05) is 0 Å². The Labute approximate surface area is 114 Å². The number of hydrogen-bond acceptors (Lipinski definition) is 3. The van der Waals surface area contributed by atoms with Crippen molar-refractivity contribution in [2.75, 3.05) is 0 Å². The molecule has 15 heavy (non-hydrogen) atoms. The predicted octanol–water partition coefficient (Wildman–Crippen LogP) is 3.46. The lowest BCUT2D eigenvalue weighted by Gasteiger charge is -2.38. The van der Waals surface area contributed by atoms with Crippen LogP contribution >= 0.6 is 58.0 Å². The van der Waals surface area contributed by atoms with Gasteiger partial charge in [0.1, 0.15) is 12.5 Å². The summed E-state index contributed by atoms with van der Waals surface area (Å²) >= 11 is 29.1. The van der Waals surface area contributed by atoms with Gasteiger partial charge in [0.2, 0.25) is 8.25 Å². The summed E-state index contributed by atoms with van der Waals surface area (Å²) in [5.41, 5.74) is 2.84. The largest absolute Gasteiger partial charge is 0.304 e. The number of rotatable bonds is 3. The molecule has 0 fully saturated rings. The molecule has 0 amide bonds. The maximum atomic E-state index is 6.01. The molecular formula is C7H10Cl5N3. The van der Waals surface area contributed by atoms with Crippen molar-refractivity contribution < 1.29 is 0 Å². The highest BCUT2D eigenvalue weighted by molar-refractivity contribution is 6.75. The minimum absolute atomic E-state index is 0.152. The third kappa shape index (κ3) is 2.89. The summed E-state index contributed by atoms with van der Waals surface area (Å²) < 4.78 is -3.47. The first-order chi connectivity index (χ1) is 6.80. The molecule has 0 aromatic carbocycles. The lowest BCUT2D eigenvalue weighted by molar-refractivity contribution is 0.248. The van der Waals surface area contributed by atoms with Crippen LogP contribution in [-0.2, 0) is 0 Å². The highest BCUT2D eigenvalue weighted by Crippen LogP contribution is 2.48. The zero-order valence-electron chi connectivity index (χ0n) is 7.85. The fourth-order valence-corrected chi connectivity index (χ4v) is 1.83. The summed E-state index contributed by atoms with van der Waals surface area (Å²) in [6, 6.07) is 0. The molecule has 0 saturated heterocycles. The van der Waals surface area contributed by atoms with Gasteiger partial charge in [-0.05, 0) is 6.42 Å². The minimum Gasteiger partial charge on any atom is -0.304 e. The molecule has 1 aliphatic heterocycles. The van der Waals surface area contributed by atoms with Crippen molar-refractivity contribution in [3.05, 3.63) is 0 Å². The standard InChI is InChI=1S/C7H10Cl5N3/c1-2-3-5-14-13-4-15(5)7(11,12)6(8,9)10/h4-5,14H,2-3H2,1H3. The Hall–Kier alpha value is 0.720. The summed E-state index contributed by atoms with van der Waals surface area (Å²) in [6.07, 6.45) is 3.01. The molecule has 0 radical (unpaired) electrons. The summed E-state index contributed by atoms with van der Waals surface area (Å²) in [5.74, 6) is 0. The Kier molecular flexibility index (Phi) is 4.53. The minimum atomic E-state index is -1.82. The summed E-state index contributed by atoms with van der Waals surface area (Å²) in [7, 11) is 0. The van der Waals surface area contributed by atoms with Crippen molar-refractivity contribution in [3.63, 3.8) is 0 Å². The SMILES string of the molecule is CCCC1NN=CN1C(Cl)(Cl)C(Cl)(Cl)Cl. The van der Waals surface area contributed by atoms with E-state index in [-0.39, 0.29) is 6.17 Å². The van der Waals surface area contributed by atoms with Crippen molar-refractivity contribution in [2.45, 2.75) is 34.2 Å². The van der Waals surface area contributed by atoms with Crippen LogP contribution in [-0.4, -0.2) is 25.7 Å². The smallest absolute Gasteiger partial charge is 0.241 e. The molecular weight excluding hydrogens is 303 g/mol. The number of hydrazone groups is 1. The van der Waals surface area contributed by atoms with Gasteiger partial charge in [-0.3, -0.25) is 5.43 Å². The lowest BCUT2D eigenvalue weighted by Crippen LogP contribution is -2.53. The molecule has 0 bridgehead atoms. The van der Waals surface area contributed by atoms with Crippen LogP contribution < -0.4 is 5.43 Å². The predicted molar refractivity (Wildman–Crippen MR) is 66.9 cm³/mol. The zero-order valence-corrected chi connectivity index (χ0v) is 11.6. The summed E-state index contributed by atoms with van der Waals surface area (Å²) in [6.45, 7) is 2.03. The zero-order chi connectivity index (χ0) is 11.7. The summed E-state index contributed by atoms with van der Waals surface area (Å²) in [4.78, 5) is 1.49. The van der Waals surface area contributed by atoms with E-state index < -0.39 is 8.25 Å². The van der Waals surface area contributed by atoms with Gasteiger partial charge < -0.3 is 4.90 Å². The van der Waals surface area contributed by atoms with E-state index in [0.717, 1.165) is 12.8 Å². The molecule has 0 spiro atoms. The number of hydrogen-bond donors (Lipinski definition) is 1. The third-order valence-electron chi connectivity index (χ3n) is 1.97. The maximum Gasteiger partial charge on any atom is 0.241 e. The fourth-order valence-electron chi connectivity index (χ4n) is 1.22. The van der Waals surface area contributed by atoms with E-state index >= 15 is 0 Å². The first-order valence-corrected chi connectivity index (χ1v) is 6.21. The number of nitrogens with zero attached hydrogens (tertiary/aromatic N) is 2. The van der Waals surface area contributed by atoms with E-state index in [4.69, 9.17) is 58.0 Å². The average Bonchev–Trinajstić information content (AvgIpc) is 2.51. The molecule has 1 rings (SSSR count). The Morgan fingerprint density at radius 3 is 2.40 bits per heavy atom. The van der Waals surface area contributed by atoms with E-state index in [1.54, 1.807) is 0 Å². The van der Waals surface area contributed by atoms with E-state index in [0.29, 0.717) is 0 Å². The number of halogens is 5. The van der Waals surface area contributed by atoms with Crippen LogP contribution in [0.25, 0.3) is 0 Å². The Morgan fingerprint density at radius 2 is 1.93 bits per heavy atom. The van der Waals surface area contributed by atoms with Gasteiger partial charge >= 0.3 is 0 Å². The van der Waals surface area contributed by atoms with Gasteiger partial charge in [0.15, 0.2) is 0 Å². The van der Waals surface area contributed by atoms with Crippen LogP contribution in [0.15, 0.2) is 5.10 Å². The molecule has 1 atom stereocenters. The first-order valence-electron chi connectivity index (χ1n) is 4.32. The van der Waals surface area contributed by atoms with Crippen molar-refractivity contribution in [3.8, 4) is 0 Å². The average molecular weight is 313 g/mol. The van der Waals surface area contributed by atoms with Crippen LogP contribution in [0.3, 0.4) is 0 Å².